The molecular formula is C16H17F6N5. The number of alkyl halides is 6. The summed E-state index contributed by atoms with van der Waals surface area (Å²) in [5.74, 6) is -1.66. The Labute approximate surface area is 150 Å². The number of hydrogen-bond donors (Lipinski definition) is 1. The Balaban J connectivity index is 1.83. The standard InChI is InChI=1S/C16H17F6N5/c17-15(18,19)2-4-23-11-7-10(16(20,21)22)8-27(9-11)12-1-3-25-14-13(12)24-5-6-26-14/h1,3,5-6,10-11,23H,2,4,7-9H2/t10-,11+/m0/s1. The van der Waals surface area contributed by atoms with Crippen molar-refractivity contribution in [3.05, 3.63) is 24.7 Å². The van der Waals surface area contributed by atoms with Crippen LogP contribution in [0, 0.1) is 5.92 Å². The number of anilines is 1. The van der Waals surface area contributed by atoms with Crippen molar-refractivity contribution in [2.45, 2.75) is 31.2 Å². The van der Waals surface area contributed by atoms with E-state index in [4.69, 9.17) is 0 Å². The molecule has 1 aliphatic heterocycles. The van der Waals surface area contributed by atoms with Crippen molar-refractivity contribution < 1.29 is 26.3 Å². The van der Waals surface area contributed by atoms with Crippen LogP contribution in [0.4, 0.5) is 32.0 Å². The zero-order chi connectivity index (χ0) is 19.7. The molecule has 0 bridgehead atoms. The molecule has 0 aliphatic carbocycles. The molecule has 27 heavy (non-hydrogen) atoms. The Bertz CT molecular complexity index is 772. The quantitative estimate of drug-likeness (QED) is 0.808. The molecule has 0 spiro atoms. The first-order valence-electron chi connectivity index (χ1n) is 8.31. The second-order valence-corrected chi connectivity index (χ2v) is 6.45. The summed E-state index contributed by atoms with van der Waals surface area (Å²) < 4.78 is 77.1. The number of fused-ring (bicyclic) bond motifs is 1. The van der Waals surface area contributed by atoms with Gasteiger partial charge in [0.25, 0.3) is 0 Å². The average Bonchev–Trinajstić information content (AvgIpc) is 2.59. The SMILES string of the molecule is FC(F)(F)CCN[C@@H]1C[C@H](C(F)(F)F)CN(c2ccnc3nccnc23)C1. The normalized spacial score (nSPS) is 21.6. The lowest BCUT2D eigenvalue weighted by atomic mass is 9.93. The van der Waals surface area contributed by atoms with Crippen LogP contribution in [-0.2, 0) is 0 Å². The zero-order valence-corrected chi connectivity index (χ0v) is 14.1. The van der Waals surface area contributed by atoms with Crippen LogP contribution in [0.3, 0.4) is 0 Å². The number of pyridine rings is 1. The van der Waals surface area contributed by atoms with Crippen LogP contribution in [0.5, 0.6) is 0 Å². The minimum Gasteiger partial charge on any atom is -0.367 e. The van der Waals surface area contributed by atoms with Crippen LogP contribution in [0.25, 0.3) is 11.2 Å². The van der Waals surface area contributed by atoms with E-state index in [9.17, 15) is 26.3 Å². The fourth-order valence-electron chi connectivity index (χ4n) is 3.22. The summed E-state index contributed by atoms with van der Waals surface area (Å²) in [7, 11) is 0. The van der Waals surface area contributed by atoms with Gasteiger partial charge in [-0.25, -0.2) is 15.0 Å². The van der Waals surface area contributed by atoms with E-state index in [0.29, 0.717) is 16.9 Å². The van der Waals surface area contributed by atoms with E-state index in [1.54, 1.807) is 6.07 Å². The largest absolute Gasteiger partial charge is 0.393 e. The molecule has 1 aliphatic rings. The van der Waals surface area contributed by atoms with E-state index in [-0.39, 0.29) is 19.5 Å². The van der Waals surface area contributed by atoms with Gasteiger partial charge in [-0.15, -0.1) is 0 Å². The maximum atomic E-state index is 13.4. The van der Waals surface area contributed by atoms with Crippen molar-refractivity contribution in [1.29, 1.82) is 0 Å². The summed E-state index contributed by atoms with van der Waals surface area (Å²) in [4.78, 5) is 13.7. The Morgan fingerprint density at radius 1 is 1.00 bits per heavy atom. The van der Waals surface area contributed by atoms with Crippen molar-refractivity contribution in [2.75, 3.05) is 24.5 Å². The number of nitrogens with one attached hydrogen (secondary N) is 1. The molecule has 1 N–H and O–H groups in total. The summed E-state index contributed by atoms with van der Waals surface area (Å²) >= 11 is 0. The Kier molecular flexibility index (Phi) is 5.41. The van der Waals surface area contributed by atoms with Crippen molar-refractivity contribution in [1.82, 2.24) is 20.3 Å². The summed E-state index contributed by atoms with van der Waals surface area (Å²) in [5, 5.41) is 2.61. The second kappa shape index (κ2) is 7.45. The van der Waals surface area contributed by atoms with Gasteiger partial charge in [0.2, 0.25) is 0 Å². The van der Waals surface area contributed by atoms with Crippen LogP contribution in [0.2, 0.25) is 0 Å². The van der Waals surface area contributed by atoms with Crippen LogP contribution in [-0.4, -0.2) is 53.0 Å². The summed E-state index contributed by atoms with van der Waals surface area (Å²) in [5.41, 5.74) is 1.09. The van der Waals surface area contributed by atoms with Crippen molar-refractivity contribution in [3.8, 4) is 0 Å². The van der Waals surface area contributed by atoms with Crippen molar-refractivity contribution >= 4 is 16.9 Å². The first kappa shape index (κ1) is 19.6. The molecule has 0 saturated carbocycles. The fourth-order valence-corrected chi connectivity index (χ4v) is 3.22. The highest BCUT2D eigenvalue weighted by Crippen LogP contribution is 2.36. The predicted molar refractivity (Wildman–Crippen MR) is 86.2 cm³/mol. The highest BCUT2D eigenvalue weighted by Gasteiger charge is 2.45. The lowest BCUT2D eigenvalue weighted by Crippen LogP contribution is -2.53. The Morgan fingerprint density at radius 2 is 1.70 bits per heavy atom. The minimum absolute atomic E-state index is 0.139. The highest BCUT2D eigenvalue weighted by atomic mass is 19.4. The highest BCUT2D eigenvalue weighted by molar-refractivity contribution is 5.85. The molecule has 0 amide bonds. The third kappa shape index (κ3) is 4.96. The maximum Gasteiger partial charge on any atom is 0.393 e. The van der Waals surface area contributed by atoms with Crippen LogP contribution >= 0.6 is 0 Å². The van der Waals surface area contributed by atoms with Gasteiger partial charge in [-0.3, -0.25) is 0 Å². The third-order valence-corrected chi connectivity index (χ3v) is 4.45. The van der Waals surface area contributed by atoms with E-state index in [1.807, 2.05) is 0 Å². The number of aromatic nitrogens is 3. The molecule has 0 unspecified atom stereocenters. The minimum atomic E-state index is -4.45. The lowest BCUT2D eigenvalue weighted by molar-refractivity contribution is -0.178. The number of nitrogens with zero attached hydrogens (tertiary/aromatic N) is 4. The van der Waals surface area contributed by atoms with E-state index in [0.717, 1.165) is 0 Å². The molecule has 3 heterocycles. The van der Waals surface area contributed by atoms with Crippen molar-refractivity contribution in [2.24, 2.45) is 5.92 Å². The summed E-state index contributed by atoms with van der Waals surface area (Å²) in [6.07, 6.45) is -5.90. The van der Waals surface area contributed by atoms with E-state index in [1.165, 1.54) is 23.5 Å². The van der Waals surface area contributed by atoms with Gasteiger partial charge in [0.1, 0.15) is 5.52 Å². The molecule has 2 aromatic heterocycles. The lowest BCUT2D eigenvalue weighted by Gasteiger charge is -2.40. The van der Waals surface area contributed by atoms with E-state index >= 15 is 0 Å². The Morgan fingerprint density at radius 3 is 2.41 bits per heavy atom. The van der Waals surface area contributed by atoms with Gasteiger partial charge in [0.05, 0.1) is 18.0 Å². The molecule has 11 heteroatoms. The smallest absolute Gasteiger partial charge is 0.367 e. The number of rotatable bonds is 4. The molecule has 2 atom stereocenters. The van der Waals surface area contributed by atoms with Crippen LogP contribution in [0.1, 0.15) is 12.8 Å². The molecule has 148 valence electrons. The van der Waals surface area contributed by atoms with E-state index < -0.39 is 37.3 Å². The third-order valence-electron chi connectivity index (χ3n) is 4.45. The Hall–Kier alpha value is -2.17. The molecule has 3 rings (SSSR count). The average molecular weight is 393 g/mol. The van der Waals surface area contributed by atoms with Gasteiger partial charge < -0.3 is 10.2 Å². The topological polar surface area (TPSA) is 53.9 Å². The predicted octanol–water partition coefficient (Wildman–Crippen LogP) is 3.32. The number of halogens is 6. The van der Waals surface area contributed by atoms with Crippen molar-refractivity contribution in [3.63, 3.8) is 0 Å². The molecule has 5 nitrogen and oxygen atoms in total. The molecular weight excluding hydrogens is 376 g/mol. The number of piperidine rings is 1. The van der Waals surface area contributed by atoms with Gasteiger partial charge in [-0.2, -0.15) is 26.3 Å². The first-order valence-corrected chi connectivity index (χ1v) is 8.31. The number of hydrogen-bond acceptors (Lipinski definition) is 5. The monoisotopic (exact) mass is 393 g/mol. The van der Waals surface area contributed by atoms with Gasteiger partial charge >= 0.3 is 12.4 Å². The second-order valence-electron chi connectivity index (χ2n) is 6.45. The van der Waals surface area contributed by atoms with Crippen LogP contribution in [0.15, 0.2) is 24.7 Å². The molecule has 2 aromatic rings. The van der Waals surface area contributed by atoms with Gasteiger partial charge in [0, 0.05) is 44.3 Å². The van der Waals surface area contributed by atoms with Gasteiger partial charge in [-0.1, -0.05) is 0 Å². The molecule has 1 saturated heterocycles. The fraction of sp³-hybridized carbons (Fsp3) is 0.562. The zero-order valence-electron chi connectivity index (χ0n) is 14.1. The van der Waals surface area contributed by atoms with Gasteiger partial charge in [-0.05, 0) is 12.5 Å². The molecule has 0 radical (unpaired) electrons. The molecule has 1 fully saturated rings. The summed E-state index contributed by atoms with van der Waals surface area (Å²) in [6.45, 7) is -0.583. The molecule has 0 aromatic carbocycles. The first-order chi connectivity index (χ1) is 12.6. The summed E-state index contributed by atoms with van der Waals surface area (Å²) in [6, 6.07) is 0.815. The van der Waals surface area contributed by atoms with Crippen LogP contribution < -0.4 is 10.2 Å². The van der Waals surface area contributed by atoms with Gasteiger partial charge in [0.15, 0.2) is 5.65 Å². The van der Waals surface area contributed by atoms with E-state index in [2.05, 4.69) is 20.3 Å². The maximum absolute atomic E-state index is 13.4.